The van der Waals surface area contributed by atoms with Crippen LogP contribution in [0.5, 0.6) is 17.2 Å². The van der Waals surface area contributed by atoms with E-state index in [1.165, 1.54) is 24.7 Å². The first-order valence-corrected chi connectivity index (χ1v) is 11.7. The van der Waals surface area contributed by atoms with Crippen LogP contribution < -0.4 is 15.2 Å². The van der Waals surface area contributed by atoms with E-state index in [0.717, 1.165) is 29.7 Å². The molecule has 0 fully saturated rings. The Kier molecular flexibility index (Phi) is 8.31. The molecule has 0 radical (unpaired) electrons. The van der Waals surface area contributed by atoms with Gasteiger partial charge in [0.2, 0.25) is 0 Å². The second-order valence-electron chi connectivity index (χ2n) is 8.46. The zero-order chi connectivity index (χ0) is 25.3. The minimum Gasteiger partial charge on any atom is -0.489 e. The standard InChI is InChI=1S/C28H28FN3O4/c29-22-10-14-25(15-11-22)36-24-12-8-20(9-13-24)18-35-27-7-2-1-4-21(27)5-3-6-23(33)16-32-17-26(28(30)34)31-19-32/h1-2,4,7-15,17,19,23,33H,3,5-6,16,18H2,(H2,30,34). The molecule has 8 heteroatoms. The lowest BCUT2D eigenvalue weighted by Crippen LogP contribution is -2.15. The molecule has 36 heavy (non-hydrogen) atoms. The molecule has 1 heterocycles. The summed E-state index contributed by atoms with van der Waals surface area (Å²) in [6.07, 6.45) is 4.59. The Hall–Kier alpha value is -4.17. The van der Waals surface area contributed by atoms with E-state index in [9.17, 15) is 14.3 Å². The molecule has 1 aromatic heterocycles. The molecule has 0 saturated heterocycles. The number of hydrogen-bond donors (Lipinski definition) is 2. The van der Waals surface area contributed by atoms with Gasteiger partial charge in [-0.15, -0.1) is 0 Å². The monoisotopic (exact) mass is 489 g/mol. The third kappa shape index (κ3) is 7.16. The fourth-order valence-electron chi connectivity index (χ4n) is 3.75. The SMILES string of the molecule is NC(=O)c1cn(CC(O)CCCc2ccccc2OCc2ccc(Oc3ccc(F)cc3)cc2)cn1. The summed E-state index contributed by atoms with van der Waals surface area (Å²) in [4.78, 5) is 15.1. The lowest BCUT2D eigenvalue weighted by atomic mass is 10.0. The number of carbonyl (C=O) groups excluding carboxylic acids is 1. The van der Waals surface area contributed by atoms with Gasteiger partial charge in [0.25, 0.3) is 5.91 Å². The van der Waals surface area contributed by atoms with Crippen molar-refractivity contribution >= 4 is 5.91 Å². The van der Waals surface area contributed by atoms with Gasteiger partial charge in [-0.3, -0.25) is 4.79 Å². The zero-order valence-electron chi connectivity index (χ0n) is 19.7. The van der Waals surface area contributed by atoms with Crippen molar-refractivity contribution in [3.63, 3.8) is 0 Å². The van der Waals surface area contributed by atoms with E-state index >= 15 is 0 Å². The molecule has 3 N–H and O–H groups in total. The van der Waals surface area contributed by atoms with Gasteiger partial charge in [-0.05, 0) is 72.9 Å². The van der Waals surface area contributed by atoms with Crippen molar-refractivity contribution in [1.82, 2.24) is 9.55 Å². The van der Waals surface area contributed by atoms with Crippen LogP contribution in [0.15, 0.2) is 85.3 Å². The largest absolute Gasteiger partial charge is 0.489 e. The van der Waals surface area contributed by atoms with Crippen LogP contribution in [0.3, 0.4) is 0 Å². The molecule has 0 aliphatic heterocycles. The lowest BCUT2D eigenvalue weighted by Gasteiger charge is -2.14. The van der Waals surface area contributed by atoms with Gasteiger partial charge >= 0.3 is 0 Å². The van der Waals surface area contributed by atoms with E-state index < -0.39 is 12.0 Å². The van der Waals surface area contributed by atoms with Gasteiger partial charge in [0.1, 0.15) is 35.4 Å². The number of primary amides is 1. The Morgan fingerprint density at radius 2 is 1.72 bits per heavy atom. The molecule has 186 valence electrons. The number of imidazole rings is 1. The normalized spacial score (nSPS) is 11.7. The molecule has 7 nitrogen and oxygen atoms in total. The van der Waals surface area contributed by atoms with Crippen molar-refractivity contribution in [3.8, 4) is 17.2 Å². The number of benzene rings is 3. The number of aliphatic hydroxyl groups is 1. The first-order chi connectivity index (χ1) is 17.5. The summed E-state index contributed by atoms with van der Waals surface area (Å²) in [7, 11) is 0. The average molecular weight is 490 g/mol. The quantitative estimate of drug-likeness (QED) is 0.296. The number of ether oxygens (including phenoxy) is 2. The maximum Gasteiger partial charge on any atom is 0.268 e. The number of carbonyl (C=O) groups is 1. The molecule has 0 spiro atoms. The highest BCUT2D eigenvalue weighted by Gasteiger charge is 2.10. The molecule has 4 aromatic rings. The van der Waals surface area contributed by atoms with Gasteiger partial charge in [-0.25, -0.2) is 9.37 Å². The van der Waals surface area contributed by atoms with Gasteiger partial charge in [0.15, 0.2) is 0 Å². The number of aromatic nitrogens is 2. The van der Waals surface area contributed by atoms with Crippen LogP contribution in [0.25, 0.3) is 0 Å². The molecule has 0 bridgehead atoms. The fourth-order valence-corrected chi connectivity index (χ4v) is 3.75. The predicted molar refractivity (Wildman–Crippen MR) is 133 cm³/mol. The second kappa shape index (κ2) is 12.0. The van der Waals surface area contributed by atoms with Crippen LogP contribution >= 0.6 is 0 Å². The van der Waals surface area contributed by atoms with E-state index in [1.54, 1.807) is 16.7 Å². The molecule has 0 aliphatic rings. The minimum absolute atomic E-state index is 0.184. The molecule has 0 aliphatic carbocycles. The number of rotatable bonds is 12. The Morgan fingerprint density at radius 1 is 1.03 bits per heavy atom. The first kappa shape index (κ1) is 24.9. The summed E-state index contributed by atoms with van der Waals surface area (Å²) < 4.78 is 26.5. The number of halogens is 1. The third-order valence-electron chi connectivity index (χ3n) is 5.63. The number of nitrogens with two attached hydrogens (primary N) is 1. The Balaban J connectivity index is 1.25. The van der Waals surface area contributed by atoms with Gasteiger partial charge in [0.05, 0.1) is 12.4 Å². The van der Waals surface area contributed by atoms with Gasteiger partial charge in [-0.1, -0.05) is 30.3 Å². The number of amides is 1. The van der Waals surface area contributed by atoms with Crippen LogP contribution in [0.1, 0.15) is 34.5 Å². The molecule has 1 amide bonds. The van der Waals surface area contributed by atoms with Crippen LogP contribution in [0.2, 0.25) is 0 Å². The third-order valence-corrected chi connectivity index (χ3v) is 5.63. The van der Waals surface area contributed by atoms with Gasteiger partial charge in [-0.2, -0.15) is 0 Å². The summed E-state index contributed by atoms with van der Waals surface area (Å²) in [5, 5.41) is 10.4. The number of hydrogen-bond acceptors (Lipinski definition) is 5. The minimum atomic E-state index is -0.589. The Morgan fingerprint density at radius 3 is 2.42 bits per heavy atom. The molecule has 0 saturated carbocycles. The van der Waals surface area contributed by atoms with Crippen molar-refractivity contribution in [1.29, 1.82) is 0 Å². The fraction of sp³-hybridized carbons (Fsp3) is 0.214. The Labute approximate surface area is 208 Å². The summed E-state index contributed by atoms with van der Waals surface area (Å²) in [6.45, 7) is 0.749. The van der Waals surface area contributed by atoms with E-state index in [-0.39, 0.29) is 11.5 Å². The highest BCUT2D eigenvalue weighted by Crippen LogP contribution is 2.24. The van der Waals surface area contributed by atoms with Crippen LogP contribution in [-0.2, 0) is 19.6 Å². The molecule has 3 aromatic carbocycles. The van der Waals surface area contributed by atoms with Crippen LogP contribution in [0, 0.1) is 5.82 Å². The number of aryl methyl sites for hydroxylation is 1. The highest BCUT2D eigenvalue weighted by molar-refractivity contribution is 5.90. The van der Waals surface area contributed by atoms with Crippen molar-refractivity contribution < 1.29 is 23.8 Å². The van der Waals surface area contributed by atoms with E-state index in [1.807, 2.05) is 48.5 Å². The topological polar surface area (TPSA) is 99.6 Å². The number of aliphatic hydroxyl groups excluding tert-OH is 1. The number of para-hydroxylation sites is 1. The molecule has 1 atom stereocenters. The second-order valence-corrected chi connectivity index (χ2v) is 8.46. The summed E-state index contributed by atoms with van der Waals surface area (Å²) >= 11 is 0. The summed E-state index contributed by atoms with van der Waals surface area (Å²) in [5.41, 5.74) is 7.45. The maximum atomic E-state index is 13.0. The van der Waals surface area contributed by atoms with Crippen molar-refractivity contribution in [2.45, 2.75) is 38.5 Å². The van der Waals surface area contributed by atoms with Crippen molar-refractivity contribution in [3.05, 3.63) is 108 Å². The maximum absolute atomic E-state index is 13.0. The first-order valence-electron chi connectivity index (χ1n) is 11.7. The highest BCUT2D eigenvalue weighted by atomic mass is 19.1. The smallest absolute Gasteiger partial charge is 0.268 e. The average Bonchev–Trinajstić information content (AvgIpc) is 3.34. The zero-order valence-corrected chi connectivity index (χ0v) is 19.7. The summed E-state index contributed by atoms with van der Waals surface area (Å²) in [5.74, 6) is 1.14. The van der Waals surface area contributed by atoms with Crippen LogP contribution in [-0.4, -0.2) is 26.7 Å². The molecular formula is C28H28FN3O4. The van der Waals surface area contributed by atoms with Crippen LogP contribution in [0.4, 0.5) is 4.39 Å². The van der Waals surface area contributed by atoms with E-state index in [0.29, 0.717) is 31.1 Å². The molecule has 4 rings (SSSR count). The number of nitrogens with zero attached hydrogens (tertiary/aromatic N) is 2. The molecule has 1 unspecified atom stereocenters. The van der Waals surface area contributed by atoms with Crippen molar-refractivity contribution in [2.24, 2.45) is 5.73 Å². The van der Waals surface area contributed by atoms with E-state index in [2.05, 4.69) is 4.98 Å². The lowest BCUT2D eigenvalue weighted by molar-refractivity contribution is 0.0995. The predicted octanol–water partition coefficient (Wildman–Crippen LogP) is 4.88. The van der Waals surface area contributed by atoms with Gasteiger partial charge < -0.3 is 24.9 Å². The molecular weight excluding hydrogens is 461 g/mol. The Bertz CT molecular complexity index is 1270. The summed E-state index contributed by atoms with van der Waals surface area (Å²) in [6, 6.07) is 21.3. The van der Waals surface area contributed by atoms with E-state index in [4.69, 9.17) is 15.2 Å². The van der Waals surface area contributed by atoms with Gasteiger partial charge in [0, 0.05) is 12.7 Å². The van der Waals surface area contributed by atoms with Crippen molar-refractivity contribution in [2.75, 3.05) is 0 Å².